The van der Waals surface area contributed by atoms with Gasteiger partial charge in [0.05, 0.1) is 19.3 Å². The van der Waals surface area contributed by atoms with Crippen LogP contribution in [0.4, 0.5) is 8.78 Å². The van der Waals surface area contributed by atoms with Crippen LogP contribution in [0.2, 0.25) is 0 Å². The van der Waals surface area contributed by atoms with E-state index in [1.54, 1.807) is 37.6 Å². The number of aromatic nitrogens is 1. The number of nitrogens with zero attached hydrogens (tertiary/aromatic N) is 3. The second-order valence-corrected chi connectivity index (χ2v) is 7.05. The quantitative estimate of drug-likeness (QED) is 0.283. The maximum absolute atomic E-state index is 12.7. The summed E-state index contributed by atoms with van der Waals surface area (Å²) < 4.78 is 40.4. The van der Waals surface area contributed by atoms with Gasteiger partial charge < -0.3 is 24.4 Å². The lowest BCUT2D eigenvalue weighted by molar-refractivity contribution is -0.0505. The van der Waals surface area contributed by atoms with E-state index in [4.69, 9.17) is 9.47 Å². The number of benzene rings is 1. The van der Waals surface area contributed by atoms with Crippen molar-refractivity contribution < 1.29 is 23.0 Å². The van der Waals surface area contributed by atoms with Crippen LogP contribution < -0.4 is 14.8 Å². The Labute approximate surface area is 196 Å². The molecule has 11 heteroatoms. The zero-order valence-corrected chi connectivity index (χ0v) is 20.7. The third kappa shape index (κ3) is 7.51. The number of guanidine groups is 1. The lowest BCUT2D eigenvalue weighted by atomic mass is 10.2. The topological polar surface area (TPSA) is 68.2 Å². The molecule has 0 saturated carbocycles. The van der Waals surface area contributed by atoms with Crippen molar-refractivity contribution in [2.45, 2.75) is 32.7 Å². The third-order valence-corrected chi connectivity index (χ3v) is 5.23. The Morgan fingerprint density at radius 1 is 1.33 bits per heavy atom. The zero-order valence-electron chi connectivity index (χ0n) is 17.5. The summed E-state index contributed by atoms with van der Waals surface area (Å²) in [7, 11) is 6.64. The van der Waals surface area contributed by atoms with Crippen molar-refractivity contribution in [2.75, 3.05) is 28.3 Å². The summed E-state index contributed by atoms with van der Waals surface area (Å²) in [6.07, 6.45) is -0.0557. The maximum Gasteiger partial charge on any atom is 0.387 e. The highest BCUT2D eigenvalue weighted by Crippen LogP contribution is 2.26. The van der Waals surface area contributed by atoms with E-state index in [1.165, 1.54) is 13.2 Å². The van der Waals surface area contributed by atoms with Crippen molar-refractivity contribution in [3.05, 3.63) is 39.8 Å². The van der Waals surface area contributed by atoms with E-state index in [1.807, 2.05) is 24.3 Å². The predicted molar refractivity (Wildman–Crippen MR) is 124 cm³/mol. The molecule has 1 aromatic heterocycles. The van der Waals surface area contributed by atoms with E-state index < -0.39 is 6.61 Å². The Morgan fingerprint density at radius 2 is 2.07 bits per heavy atom. The fourth-order valence-corrected chi connectivity index (χ4v) is 3.42. The molecule has 30 heavy (non-hydrogen) atoms. The van der Waals surface area contributed by atoms with Gasteiger partial charge in [0.15, 0.2) is 5.96 Å². The number of methoxy groups -OCH3 is 2. The predicted octanol–water partition coefficient (Wildman–Crippen LogP) is 4.29. The first kappa shape index (κ1) is 26.3. The van der Waals surface area contributed by atoms with Gasteiger partial charge in [0.1, 0.15) is 22.6 Å². The van der Waals surface area contributed by atoms with Crippen molar-refractivity contribution >= 4 is 41.3 Å². The molecule has 7 nitrogen and oxygen atoms in total. The second kappa shape index (κ2) is 12.8. The standard InChI is InChI=1S/C19H26F2N4O3S.HI/c1-12(26-4)17-24-14(11-29-17)10-25(3)19(22-2)23-9-13-6-7-15(27-5)8-16(13)28-18(20)21;/h6-8,11-12,18H,9-10H2,1-5H3,(H,22,23);1H. The van der Waals surface area contributed by atoms with Gasteiger partial charge in [0, 0.05) is 44.8 Å². The van der Waals surface area contributed by atoms with Crippen LogP contribution in [0.15, 0.2) is 28.6 Å². The van der Waals surface area contributed by atoms with Gasteiger partial charge in [-0.1, -0.05) is 0 Å². The van der Waals surface area contributed by atoms with Crippen LogP contribution in [0.1, 0.15) is 29.3 Å². The number of alkyl halides is 2. The number of aliphatic imine (C=N–C) groups is 1. The fraction of sp³-hybridized carbons (Fsp3) is 0.474. The normalized spacial score (nSPS) is 12.3. The van der Waals surface area contributed by atoms with Gasteiger partial charge in [-0.15, -0.1) is 35.3 Å². The van der Waals surface area contributed by atoms with Crippen LogP contribution in [-0.4, -0.2) is 50.8 Å². The summed E-state index contributed by atoms with van der Waals surface area (Å²) in [6, 6.07) is 4.80. The molecule has 0 bridgehead atoms. The van der Waals surface area contributed by atoms with Crippen molar-refractivity contribution in [3.63, 3.8) is 0 Å². The van der Waals surface area contributed by atoms with E-state index in [0.29, 0.717) is 23.8 Å². The molecule has 1 unspecified atom stereocenters. The summed E-state index contributed by atoms with van der Waals surface area (Å²) in [5, 5.41) is 6.05. The van der Waals surface area contributed by atoms with Gasteiger partial charge in [0.25, 0.3) is 0 Å². The first-order valence-corrected chi connectivity index (χ1v) is 9.76. The Kier molecular flexibility index (Phi) is 11.3. The third-order valence-electron chi connectivity index (χ3n) is 4.17. The molecule has 0 aliphatic carbocycles. The number of nitrogens with one attached hydrogen (secondary N) is 1. The van der Waals surface area contributed by atoms with Crippen LogP contribution in [0.25, 0.3) is 0 Å². The molecule has 0 aliphatic heterocycles. The number of hydrogen-bond acceptors (Lipinski definition) is 6. The minimum atomic E-state index is -2.92. The van der Waals surface area contributed by atoms with Crippen LogP contribution in [0, 0.1) is 0 Å². The zero-order chi connectivity index (χ0) is 21.4. The monoisotopic (exact) mass is 556 g/mol. The van der Waals surface area contributed by atoms with Crippen LogP contribution in [0.5, 0.6) is 11.5 Å². The molecule has 0 aliphatic rings. The van der Waals surface area contributed by atoms with E-state index in [9.17, 15) is 8.78 Å². The molecule has 0 fully saturated rings. The second-order valence-electron chi connectivity index (χ2n) is 6.16. The smallest absolute Gasteiger partial charge is 0.387 e. The Hall–Kier alpha value is -1.73. The average Bonchev–Trinajstić information content (AvgIpc) is 3.16. The van der Waals surface area contributed by atoms with Crippen molar-refractivity contribution in [3.8, 4) is 11.5 Å². The van der Waals surface area contributed by atoms with Gasteiger partial charge in [-0.3, -0.25) is 4.99 Å². The SMILES string of the molecule is CN=C(NCc1ccc(OC)cc1OC(F)F)N(C)Cc1csc(C(C)OC)n1.I. The molecular weight excluding hydrogens is 529 g/mol. The molecule has 1 atom stereocenters. The largest absolute Gasteiger partial charge is 0.497 e. The summed E-state index contributed by atoms with van der Waals surface area (Å²) in [5.41, 5.74) is 1.45. The van der Waals surface area contributed by atoms with Crippen LogP contribution in [-0.2, 0) is 17.8 Å². The highest BCUT2D eigenvalue weighted by molar-refractivity contribution is 14.0. The van der Waals surface area contributed by atoms with Gasteiger partial charge in [-0.25, -0.2) is 4.98 Å². The Morgan fingerprint density at radius 3 is 2.67 bits per heavy atom. The number of hydrogen-bond donors (Lipinski definition) is 1. The van der Waals surface area contributed by atoms with E-state index in [0.717, 1.165) is 10.7 Å². The first-order chi connectivity index (χ1) is 13.9. The molecule has 0 spiro atoms. The van der Waals surface area contributed by atoms with E-state index in [-0.39, 0.29) is 42.4 Å². The first-order valence-electron chi connectivity index (χ1n) is 8.88. The summed E-state index contributed by atoms with van der Waals surface area (Å²) in [6.45, 7) is -0.182. The van der Waals surface area contributed by atoms with E-state index >= 15 is 0 Å². The average molecular weight is 556 g/mol. The molecule has 168 valence electrons. The molecule has 1 heterocycles. The molecule has 2 aromatic rings. The molecule has 0 radical (unpaired) electrons. The molecule has 1 aromatic carbocycles. The lowest BCUT2D eigenvalue weighted by Gasteiger charge is -2.22. The molecule has 0 saturated heterocycles. The summed E-state index contributed by atoms with van der Waals surface area (Å²) in [5.74, 6) is 1.09. The van der Waals surface area contributed by atoms with Gasteiger partial charge >= 0.3 is 6.61 Å². The number of halogens is 3. The Balaban J connectivity index is 0.00000450. The minimum absolute atomic E-state index is 0. The molecule has 2 rings (SSSR count). The number of thiazole rings is 1. The van der Waals surface area contributed by atoms with Crippen molar-refractivity contribution in [1.29, 1.82) is 0 Å². The summed E-state index contributed by atoms with van der Waals surface area (Å²) in [4.78, 5) is 10.7. The van der Waals surface area contributed by atoms with Crippen molar-refractivity contribution in [2.24, 2.45) is 4.99 Å². The van der Waals surface area contributed by atoms with Gasteiger partial charge in [0.2, 0.25) is 0 Å². The lowest BCUT2D eigenvalue weighted by Crippen LogP contribution is -2.38. The molecular formula is C19H27F2IN4O3S. The van der Waals surface area contributed by atoms with Crippen LogP contribution >= 0.6 is 35.3 Å². The number of rotatable bonds is 9. The Bertz CT molecular complexity index is 823. The van der Waals surface area contributed by atoms with Crippen LogP contribution in [0.3, 0.4) is 0 Å². The van der Waals surface area contributed by atoms with E-state index in [2.05, 4.69) is 20.0 Å². The highest BCUT2D eigenvalue weighted by atomic mass is 127. The molecule has 0 amide bonds. The minimum Gasteiger partial charge on any atom is -0.497 e. The highest BCUT2D eigenvalue weighted by Gasteiger charge is 2.15. The number of ether oxygens (including phenoxy) is 3. The molecule has 1 N–H and O–H groups in total. The van der Waals surface area contributed by atoms with Gasteiger partial charge in [-0.2, -0.15) is 8.78 Å². The maximum atomic E-state index is 12.7. The fourth-order valence-electron chi connectivity index (χ4n) is 2.57. The van der Waals surface area contributed by atoms with Gasteiger partial charge in [-0.05, 0) is 19.1 Å². The summed E-state index contributed by atoms with van der Waals surface area (Å²) >= 11 is 1.54. The van der Waals surface area contributed by atoms with Crippen molar-refractivity contribution in [1.82, 2.24) is 15.2 Å².